The highest BCUT2D eigenvalue weighted by molar-refractivity contribution is 5.88. The largest absolute Gasteiger partial charge is 0.463 e. The number of fused-ring (bicyclic) bond motifs is 1. The smallest absolute Gasteiger partial charge is 0.376 e. The van der Waals surface area contributed by atoms with E-state index in [4.69, 9.17) is 9.15 Å². The lowest BCUT2D eigenvalue weighted by molar-refractivity contribution is 0.0564. The van der Waals surface area contributed by atoms with Gasteiger partial charge in [-0.2, -0.15) is 5.10 Å². The number of hydrogen-bond donors (Lipinski definition) is 0. The summed E-state index contributed by atoms with van der Waals surface area (Å²) in [4.78, 5) is 20.2. The average molecular weight is 286 g/mol. The maximum Gasteiger partial charge on any atom is 0.376 e. The average Bonchev–Trinajstić information content (AvgIpc) is 3.10. The number of nitrogens with zero attached hydrogens (tertiary/aromatic N) is 4. The number of rotatable bonds is 4. The lowest BCUT2D eigenvalue weighted by atomic mass is 10.2. The van der Waals surface area contributed by atoms with Crippen molar-refractivity contribution in [1.82, 2.24) is 19.6 Å². The number of hydrogen-bond acceptors (Lipinski definition) is 6. The van der Waals surface area contributed by atoms with Gasteiger partial charge in [-0.25, -0.2) is 14.3 Å². The summed E-state index contributed by atoms with van der Waals surface area (Å²) in [6.07, 6.45) is 8.18. The van der Waals surface area contributed by atoms with Crippen LogP contribution in [0.1, 0.15) is 29.6 Å². The molecule has 3 aromatic heterocycles. The van der Waals surface area contributed by atoms with Crippen molar-refractivity contribution >= 4 is 11.5 Å². The summed E-state index contributed by atoms with van der Waals surface area (Å²) >= 11 is 0. The van der Waals surface area contributed by atoms with Crippen LogP contribution < -0.4 is 0 Å². The molecule has 3 heterocycles. The Kier molecular flexibility index (Phi) is 3.39. The van der Waals surface area contributed by atoms with Crippen LogP contribution in [0.3, 0.4) is 0 Å². The van der Waals surface area contributed by atoms with Gasteiger partial charge in [0, 0.05) is 12.4 Å². The van der Waals surface area contributed by atoms with Crippen LogP contribution in [-0.2, 0) is 11.2 Å². The fourth-order valence-corrected chi connectivity index (χ4v) is 2.12. The normalized spacial score (nSPS) is 11.0. The van der Waals surface area contributed by atoms with Crippen molar-refractivity contribution in [2.24, 2.45) is 0 Å². The molecular formula is C14H14N4O3. The first-order valence-electron chi connectivity index (χ1n) is 6.60. The topological polar surface area (TPSA) is 82.5 Å². The molecule has 0 saturated heterocycles. The van der Waals surface area contributed by atoms with Crippen molar-refractivity contribution in [3.63, 3.8) is 0 Å². The van der Waals surface area contributed by atoms with Gasteiger partial charge in [0.1, 0.15) is 0 Å². The summed E-state index contributed by atoms with van der Waals surface area (Å²) in [5.74, 6) is -0.0220. The molecule has 7 nitrogen and oxygen atoms in total. The van der Waals surface area contributed by atoms with Crippen LogP contribution in [0.25, 0.3) is 17.0 Å². The molecule has 21 heavy (non-hydrogen) atoms. The third-order valence-electron chi connectivity index (χ3n) is 3.11. The van der Waals surface area contributed by atoms with Crippen molar-refractivity contribution in [1.29, 1.82) is 0 Å². The second-order valence-corrected chi connectivity index (χ2v) is 4.50. The Morgan fingerprint density at radius 3 is 3.05 bits per heavy atom. The minimum atomic E-state index is -0.521. The van der Waals surface area contributed by atoms with Crippen LogP contribution in [0.4, 0.5) is 0 Å². The fraction of sp³-hybridized carbons (Fsp3) is 0.286. The van der Waals surface area contributed by atoms with Crippen molar-refractivity contribution in [3.8, 4) is 11.5 Å². The van der Waals surface area contributed by atoms with E-state index in [9.17, 15) is 4.79 Å². The highest BCUT2D eigenvalue weighted by Crippen LogP contribution is 2.26. The van der Waals surface area contributed by atoms with Crippen molar-refractivity contribution in [2.45, 2.75) is 19.8 Å². The standard InChI is InChI=1S/C14H14N4O3/c1-3-4-10-12(14(19)20-2)21-13(17-10)9-7-16-18-6-5-15-8-11(9)18/h5-8H,3-4H2,1-2H3. The second-order valence-electron chi connectivity index (χ2n) is 4.50. The number of methoxy groups -OCH3 is 1. The Labute approximate surface area is 120 Å². The van der Waals surface area contributed by atoms with Crippen molar-refractivity contribution in [3.05, 3.63) is 36.2 Å². The molecule has 0 atom stereocenters. The van der Waals surface area contributed by atoms with Crippen LogP contribution in [0.5, 0.6) is 0 Å². The highest BCUT2D eigenvalue weighted by atomic mass is 16.5. The van der Waals surface area contributed by atoms with Gasteiger partial charge in [-0.1, -0.05) is 13.3 Å². The second kappa shape index (κ2) is 5.35. The van der Waals surface area contributed by atoms with Crippen LogP contribution in [0, 0.1) is 0 Å². The molecule has 3 aromatic rings. The zero-order valence-electron chi connectivity index (χ0n) is 11.7. The zero-order chi connectivity index (χ0) is 14.8. The van der Waals surface area contributed by atoms with E-state index in [1.54, 1.807) is 29.3 Å². The Bertz CT molecular complexity index is 790. The molecule has 3 rings (SSSR count). The maximum atomic E-state index is 11.8. The van der Waals surface area contributed by atoms with E-state index in [-0.39, 0.29) is 5.76 Å². The number of carbonyl (C=O) groups is 1. The van der Waals surface area contributed by atoms with Crippen LogP contribution in [-0.4, -0.2) is 32.7 Å². The van der Waals surface area contributed by atoms with Gasteiger partial charge in [-0.3, -0.25) is 4.98 Å². The molecule has 0 aliphatic carbocycles. The van der Waals surface area contributed by atoms with Gasteiger partial charge in [0.2, 0.25) is 11.7 Å². The molecule has 0 aliphatic rings. The first-order valence-corrected chi connectivity index (χ1v) is 6.60. The summed E-state index contributed by atoms with van der Waals surface area (Å²) in [6.45, 7) is 2.01. The van der Waals surface area contributed by atoms with E-state index in [0.29, 0.717) is 23.6 Å². The van der Waals surface area contributed by atoms with Crippen molar-refractivity contribution in [2.75, 3.05) is 7.11 Å². The monoisotopic (exact) mass is 286 g/mol. The predicted molar refractivity (Wildman–Crippen MR) is 73.8 cm³/mol. The van der Waals surface area contributed by atoms with E-state index in [0.717, 1.165) is 11.9 Å². The van der Waals surface area contributed by atoms with E-state index >= 15 is 0 Å². The molecule has 0 saturated carbocycles. The third kappa shape index (κ3) is 2.26. The number of aryl methyl sites for hydroxylation is 1. The minimum Gasteiger partial charge on any atom is -0.463 e. The first-order chi connectivity index (χ1) is 10.2. The Morgan fingerprint density at radius 2 is 2.29 bits per heavy atom. The molecule has 0 fully saturated rings. The molecule has 0 spiro atoms. The lowest BCUT2D eigenvalue weighted by Gasteiger charge is -1.96. The molecule has 0 bridgehead atoms. The van der Waals surface area contributed by atoms with Gasteiger partial charge in [0.05, 0.1) is 36.3 Å². The molecule has 0 N–H and O–H groups in total. The molecule has 0 radical (unpaired) electrons. The number of aromatic nitrogens is 4. The molecular weight excluding hydrogens is 272 g/mol. The molecule has 7 heteroatoms. The molecule has 108 valence electrons. The third-order valence-corrected chi connectivity index (χ3v) is 3.11. The van der Waals surface area contributed by atoms with Gasteiger partial charge in [0.15, 0.2) is 0 Å². The number of ether oxygens (including phenoxy) is 1. The SMILES string of the molecule is CCCc1nc(-c2cnn3ccncc23)oc1C(=O)OC. The quantitative estimate of drug-likeness (QED) is 0.683. The summed E-state index contributed by atoms with van der Waals surface area (Å²) in [7, 11) is 1.32. The van der Waals surface area contributed by atoms with E-state index in [1.807, 2.05) is 6.92 Å². The highest BCUT2D eigenvalue weighted by Gasteiger charge is 2.22. The molecule has 0 aliphatic heterocycles. The number of oxazole rings is 1. The first kappa shape index (κ1) is 13.3. The molecule has 0 unspecified atom stereocenters. The summed E-state index contributed by atoms with van der Waals surface area (Å²) in [6, 6.07) is 0. The van der Waals surface area contributed by atoms with Gasteiger partial charge in [0.25, 0.3) is 0 Å². The predicted octanol–water partition coefficient (Wildman–Crippen LogP) is 2.12. The Morgan fingerprint density at radius 1 is 1.43 bits per heavy atom. The minimum absolute atomic E-state index is 0.151. The van der Waals surface area contributed by atoms with Gasteiger partial charge >= 0.3 is 5.97 Å². The van der Waals surface area contributed by atoms with Crippen LogP contribution >= 0.6 is 0 Å². The molecule has 0 aromatic carbocycles. The maximum absolute atomic E-state index is 11.8. The summed E-state index contributed by atoms with van der Waals surface area (Å²) in [5, 5.41) is 4.21. The number of carbonyl (C=O) groups excluding carboxylic acids is 1. The fourth-order valence-electron chi connectivity index (χ4n) is 2.12. The van der Waals surface area contributed by atoms with E-state index in [1.165, 1.54) is 7.11 Å². The molecule has 0 amide bonds. The van der Waals surface area contributed by atoms with Crippen LogP contribution in [0.15, 0.2) is 29.2 Å². The summed E-state index contributed by atoms with van der Waals surface area (Å²) in [5.41, 5.74) is 2.05. The van der Waals surface area contributed by atoms with E-state index < -0.39 is 5.97 Å². The van der Waals surface area contributed by atoms with Gasteiger partial charge in [-0.05, 0) is 6.42 Å². The van der Waals surface area contributed by atoms with E-state index in [2.05, 4.69) is 15.1 Å². The Balaban J connectivity index is 2.12. The number of esters is 1. The van der Waals surface area contributed by atoms with Gasteiger partial charge < -0.3 is 9.15 Å². The summed E-state index contributed by atoms with van der Waals surface area (Å²) < 4.78 is 12.0. The van der Waals surface area contributed by atoms with Crippen LogP contribution in [0.2, 0.25) is 0 Å². The van der Waals surface area contributed by atoms with Gasteiger partial charge in [-0.15, -0.1) is 0 Å². The van der Waals surface area contributed by atoms with Crippen molar-refractivity contribution < 1.29 is 13.9 Å². The lowest BCUT2D eigenvalue weighted by Crippen LogP contribution is -2.03. The zero-order valence-corrected chi connectivity index (χ0v) is 11.7. The Hall–Kier alpha value is -2.70.